The van der Waals surface area contributed by atoms with Gasteiger partial charge in [-0.25, -0.2) is 9.59 Å². The van der Waals surface area contributed by atoms with Crippen molar-refractivity contribution in [1.29, 1.82) is 0 Å². The van der Waals surface area contributed by atoms with Crippen molar-refractivity contribution in [2.24, 2.45) is 7.05 Å². The first-order valence-corrected chi connectivity index (χ1v) is 11.3. The fourth-order valence-electron chi connectivity index (χ4n) is 4.33. The number of imide groups is 1. The second-order valence-corrected chi connectivity index (χ2v) is 9.64. The number of ether oxygens (including phenoxy) is 1. The van der Waals surface area contributed by atoms with E-state index < -0.39 is 23.6 Å². The van der Waals surface area contributed by atoms with Crippen molar-refractivity contribution in [2.75, 3.05) is 26.2 Å². The largest absolute Gasteiger partial charge is 0.444 e. The summed E-state index contributed by atoms with van der Waals surface area (Å²) in [6, 6.07) is 4.15. The third-order valence-corrected chi connectivity index (χ3v) is 6.08. The number of rotatable bonds is 2. The Labute approximate surface area is 196 Å². The van der Waals surface area contributed by atoms with Crippen molar-refractivity contribution < 1.29 is 23.9 Å². The highest BCUT2D eigenvalue weighted by Crippen LogP contribution is 2.24. The molecule has 2 saturated heterocycles. The second-order valence-electron chi connectivity index (χ2n) is 9.64. The van der Waals surface area contributed by atoms with Gasteiger partial charge in [0.2, 0.25) is 11.8 Å². The normalized spacial score (nSPS) is 19.4. The molecule has 4 amide bonds. The zero-order valence-corrected chi connectivity index (χ0v) is 19.8. The van der Waals surface area contributed by atoms with E-state index in [2.05, 4.69) is 5.32 Å². The number of imidazole rings is 1. The number of nitrogens with one attached hydrogen (secondary N) is 1. The SMILES string of the molecule is Cn1c(=O)n(C2CCC(=O)NC2=O)c2ccc(C(=O)N3CCN(C(=O)OC(C)(C)C)CC3)cc21. The monoisotopic (exact) mass is 471 g/mol. The number of piperazine rings is 1. The van der Waals surface area contributed by atoms with Crippen molar-refractivity contribution in [2.45, 2.75) is 45.3 Å². The molecule has 0 aliphatic carbocycles. The number of carbonyl (C=O) groups is 4. The fraction of sp³-hybridized carbons (Fsp3) is 0.522. The smallest absolute Gasteiger partial charge is 0.410 e. The van der Waals surface area contributed by atoms with Gasteiger partial charge in [0, 0.05) is 45.2 Å². The van der Waals surface area contributed by atoms with Crippen LogP contribution in [0.2, 0.25) is 0 Å². The minimum atomic E-state index is -0.781. The second kappa shape index (κ2) is 8.62. The molecule has 1 aromatic carbocycles. The molecule has 4 rings (SSSR count). The van der Waals surface area contributed by atoms with Crippen molar-refractivity contribution >= 4 is 34.8 Å². The average Bonchev–Trinajstić information content (AvgIpc) is 3.02. The van der Waals surface area contributed by atoms with Gasteiger partial charge in [-0.15, -0.1) is 0 Å². The third kappa shape index (κ3) is 4.42. The molecule has 2 fully saturated rings. The van der Waals surface area contributed by atoms with Gasteiger partial charge in [0.1, 0.15) is 11.6 Å². The van der Waals surface area contributed by atoms with Gasteiger partial charge in [-0.2, -0.15) is 0 Å². The first kappa shape index (κ1) is 23.5. The van der Waals surface area contributed by atoms with Crippen LogP contribution in [0.3, 0.4) is 0 Å². The van der Waals surface area contributed by atoms with E-state index in [0.29, 0.717) is 42.8 Å². The lowest BCUT2D eigenvalue weighted by molar-refractivity contribution is -0.135. The highest BCUT2D eigenvalue weighted by molar-refractivity contribution is 6.01. The standard InChI is InChI=1S/C23H29N5O6/c1-23(2,3)34-22(33)27-11-9-26(10-12-27)20(31)14-5-6-15-17(13-14)25(4)21(32)28(15)16-7-8-18(29)24-19(16)30/h5-6,13,16H,7-12H2,1-4H3,(H,24,29,30). The van der Waals surface area contributed by atoms with Crippen molar-refractivity contribution in [3.05, 3.63) is 34.2 Å². The van der Waals surface area contributed by atoms with Crippen LogP contribution >= 0.6 is 0 Å². The summed E-state index contributed by atoms with van der Waals surface area (Å²) in [5.74, 6) is -1.06. The lowest BCUT2D eigenvalue weighted by atomic mass is 10.1. The maximum atomic E-state index is 13.1. The molecule has 0 saturated carbocycles. The molecule has 0 spiro atoms. The number of hydrogen-bond acceptors (Lipinski definition) is 6. The van der Waals surface area contributed by atoms with Crippen LogP contribution in [0.5, 0.6) is 0 Å². The molecule has 2 aromatic rings. The Kier molecular flexibility index (Phi) is 5.96. The predicted molar refractivity (Wildman–Crippen MR) is 122 cm³/mol. The van der Waals surface area contributed by atoms with E-state index in [1.165, 1.54) is 9.13 Å². The molecule has 2 aliphatic heterocycles. The van der Waals surface area contributed by atoms with Gasteiger partial charge in [-0.1, -0.05) is 0 Å². The maximum Gasteiger partial charge on any atom is 0.410 e. The number of benzene rings is 1. The number of nitrogens with zero attached hydrogens (tertiary/aromatic N) is 4. The lowest BCUT2D eigenvalue weighted by Crippen LogP contribution is -2.51. The Bertz CT molecular complexity index is 1230. The molecule has 1 aromatic heterocycles. The summed E-state index contributed by atoms with van der Waals surface area (Å²) in [7, 11) is 1.58. The molecular weight excluding hydrogens is 442 g/mol. The first-order valence-electron chi connectivity index (χ1n) is 11.3. The Balaban J connectivity index is 1.53. The zero-order chi connectivity index (χ0) is 24.8. The number of fused-ring (bicyclic) bond motifs is 1. The molecule has 11 nitrogen and oxygen atoms in total. The minimum absolute atomic E-state index is 0.158. The first-order chi connectivity index (χ1) is 16.0. The lowest BCUT2D eigenvalue weighted by Gasteiger charge is -2.35. The minimum Gasteiger partial charge on any atom is -0.444 e. The van der Waals surface area contributed by atoms with Crippen LogP contribution in [0.15, 0.2) is 23.0 Å². The summed E-state index contributed by atoms with van der Waals surface area (Å²) in [4.78, 5) is 65.4. The van der Waals surface area contributed by atoms with Crippen LogP contribution in [-0.4, -0.2) is 74.5 Å². The van der Waals surface area contributed by atoms with Crippen molar-refractivity contribution in [3.63, 3.8) is 0 Å². The summed E-state index contributed by atoms with van der Waals surface area (Å²) in [5, 5.41) is 2.28. The van der Waals surface area contributed by atoms with Crippen LogP contribution in [0.1, 0.15) is 50.0 Å². The molecule has 1 atom stereocenters. The van der Waals surface area contributed by atoms with Crippen LogP contribution in [-0.2, 0) is 21.4 Å². The molecule has 3 heterocycles. The van der Waals surface area contributed by atoms with E-state index >= 15 is 0 Å². The Morgan fingerprint density at radius 3 is 2.26 bits per heavy atom. The summed E-state index contributed by atoms with van der Waals surface area (Å²) in [5.41, 5.74) is 0.482. The van der Waals surface area contributed by atoms with Crippen LogP contribution in [0, 0.1) is 0 Å². The van der Waals surface area contributed by atoms with E-state index in [9.17, 15) is 24.0 Å². The van der Waals surface area contributed by atoms with Gasteiger partial charge in [-0.05, 0) is 45.4 Å². The molecule has 182 valence electrons. The highest BCUT2D eigenvalue weighted by atomic mass is 16.6. The third-order valence-electron chi connectivity index (χ3n) is 6.08. The summed E-state index contributed by atoms with van der Waals surface area (Å²) >= 11 is 0. The fourth-order valence-corrected chi connectivity index (χ4v) is 4.33. The van der Waals surface area contributed by atoms with Gasteiger partial charge in [0.25, 0.3) is 5.91 Å². The quantitative estimate of drug-likeness (QED) is 0.652. The van der Waals surface area contributed by atoms with Crippen LogP contribution in [0.25, 0.3) is 11.0 Å². The molecule has 0 bridgehead atoms. The van der Waals surface area contributed by atoms with Crippen LogP contribution < -0.4 is 11.0 Å². The Hall–Kier alpha value is -3.63. The molecule has 11 heteroatoms. The van der Waals surface area contributed by atoms with Crippen molar-refractivity contribution in [1.82, 2.24) is 24.3 Å². The van der Waals surface area contributed by atoms with Crippen molar-refractivity contribution in [3.8, 4) is 0 Å². The van der Waals surface area contributed by atoms with Gasteiger partial charge in [-0.3, -0.25) is 28.8 Å². The zero-order valence-electron chi connectivity index (χ0n) is 19.8. The Morgan fingerprint density at radius 2 is 1.65 bits per heavy atom. The number of aromatic nitrogens is 2. The number of piperidine rings is 1. The maximum absolute atomic E-state index is 13.1. The summed E-state index contributed by atoms with van der Waals surface area (Å²) in [6.07, 6.45) is 0.00277. The van der Waals surface area contributed by atoms with E-state index in [1.54, 1.807) is 35.0 Å². The van der Waals surface area contributed by atoms with Gasteiger partial charge in [0.05, 0.1) is 11.0 Å². The molecule has 1 N–H and O–H groups in total. The van der Waals surface area contributed by atoms with Crippen LogP contribution in [0.4, 0.5) is 4.79 Å². The average molecular weight is 472 g/mol. The van der Waals surface area contributed by atoms with E-state index in [-0.39, 0.29) is 30.3 Å². The predicted octanol–water partition coefficient (Wildman–Crippen LogP) is 1.01. The highest BCUT2D eigenvalue weighted by Gasteiger charge is 2.32. The van der Waals surface area contributed by atoms with Gasteiger partial charge >= 0.3 is 11.8 Å². The van der Waals surface area contributed by atoms with E-state index in [0.717, 1.165) is 0 Å². The number of carbonyl (C=O) groups excluding carboxylic acids is 4. The van der Waals surface area contributed by atoms with Gasteiger partial charge in [0.15, 0.2) is 0 Å². The van der Waals surface area contributed by atoms with E-state index in [1.807, 2.05) is 20.8 Å². The summed E-state index contributed by atoms with van der Waals surface area (Å²) < 4.78 is 8.18. The summed E-state index contributed by atoms with van der Waals surface area (Å²) in [6.45, 7) is 6.89. The Morgan fingerprint density at radius 1 is 1.00 bits per heavy atom. The molecule has 34 heavy (non-hydrogen) atoms. The number of aryl methyl sites for hydroxylation is 1. The molecule has 1 unspecified atom stereocenters. The molecular formula is C23H29N5O6. The number of amides is 4. The number of hydrogen-bond donors (Lipinski definition) is 1. The van der Waals surface area contributed by atoms with E-state index in [4.69, 9.17) is 4.74 Å². The van der Waals surface area contributed by atoms with Gasteiger partial charge < -0.3 is 14.5 Å². The topological polar surface area (TPSA) is 123 Å². The molecule has 0 radical (unpaired) electrons. The molecule has 2 aliphatic rings.